The van der Waals surface area contributed by atoms with Gasteiger partial charge in [0.05, 0.1) is 10.9 Å². The number of nitrogens with zero attached hydrogens (tertiary/aromatic N) is 1. The molecule has 106 valence electrons. The predicted octanol–water partition coefficient (Wildman–Crippen LogP) is 1.98. The van der Waals surface area contributed by atoms with E-state index in [0.717, 1.165) is 6.42 Å². The Morgan fingerprint density at radius 3 is 2.90 bits per heavy atom. The number of benzene rings is 1. The topological polar surface area (TPSA) is 66.9 Å². The van der Waals surface area contributed by atoms with Crippen LogP contribution in [-0.4, -0.2) is 22.0 Å². The van der Waals surface area contributed by atoms with E-state index in [9.17, 15) is 9.59 Å². The maximum Gasteiger partial charge on any atom is 0.262 e. The lowest BCUT2D eigenvalue weighted by molar-refractivity contribution is -0.121. The average molecular weight is 291 g/mol. The lowest BCUT2D eigenvalue weighted by atomic mass is 10.2. The summed E-state index contributed by atoms with van der Waals surface area (Å²) in [5, 5.41) is 3.36. The highest BCUT2D eigenvalue weighted by Crippen LogP contribution is 2.06. The van der Waals surface area contributed by atoms with E-state index >= 15 is 0 Å². The van der Waals surface area contributed by atoms with E-state index in [4.69, 9.17) is 12.2 Å². The van der Waals surface area contributed by atoms with Gasteiger partial charge in [0.15, 0.2) is 4.77 Å². The van der Waals surface area contributed by atoms with Crippen LogP contribution >= 0.6 is 12.2 Å². The SMILES string of the molecule is CCCNC(=O)CCn1c(=S)[nH]c2ccccc2c1=O. The number of para-hydroxylation sites is 1. The number of hydrogen-bond acceptors (Lipinski definition) is 3. The van der Waals surface area contributed by atoms with Gasteiger partial charge >= 0.3 is 0 Å². The Kier molecular flexibility index (Phi) is 4.68. The molecule has 20 heavy (non-hydrogen) atoms. The van der Waals surface area contributed by atoms with Gasteiger partial charge in [-0.25, -0.2) is 0 Å². The van der Waals surface area contributed by atoms with E-state index in [2.05, 4.69) is 10.3 Å². The Morgan fingerprint density at radius 1 is 1.40 bits per heavy atom. The molecule has 0 spiro atoms. The van der Waals surface area contributed by atoms with Crippen LogP contribution in [0, 0.1) is 4.77 Å². The molecule has 0 aliphatic carbocycles. The first-order valence-electron chi connectivity index (χ1n) is 6.62. The molecule has 1 aromatic heterocycles. The summed E-state index contributed by atoms with van der Waals surface area (Å²) in [4.78, 5) is 26.9. The number of aromatic nitrogens is 2. The molecule has 2 rings (SSSR count). The van der Waals surface area contributed by atoms with Crippen LogP contribution in [0.5, 0.6) is 0 Å². The molecule has 0 radical (unpaired) electrons. The monoisotopic (exact) mass is 291 g/mol. The molecule has 0 atom stereocenters. The molecule has 1 aromatic carbocycles. The fraction of sp³-hybridized carbons (Fsp3) is 0.357. The quantitative estimate of drug-likeness (QED) is 0.828. The molecule has 2 N–H and O–H groups in total. The standard InChI is InChI=1S/C14H17N3O2S/c1-2-8-15-12(18)7-9-17-13(19)10-5-3-4-6-11(10)16-14(17)20/h3-6H,2,7-9H2,1H3,(H,15,18)(H,16,20). The summed E-state index contributed by atoms with van der Waals surface area (Å²) >= 11 is 5.18. The smallest absolute Gasteiger partial charge is 0.262 e. The van der Waals surface area contributed by atoms with Crippen molar-refractivity contribution in [2.24, 2.45) is 0 Å². The second kappa shape index (κ2) is 6.47. The molecule has 1 heterocycles. The zero-order valence-corrected chi connectivity index (χ0v) is 12.1. The van der Waals surface area contributed by atoms with Crippen LogP contribution in [0.2, 0.25) is 0 Å². The van der Waals surface area contributed by atoms with Gasteiger partial charge in [-0.2, -0.15) is 0 Å². The predicted molar refractivity (Wildman–Crippen MR) is 81.3 cm³/mol. The van der Waals surface area contributed by atoms with E-state index < -0.39 is 0 Å². The number of H-pyrrole nitrogens is 1. The summed E-state index contributed by atoms with van der Waals surface area (Å²) in [6.45, 7) is 2.93. The van der Waals surface area contributed by atoms with Crippen LogP contribution in [-0.2, 0) is 11.3 Å². The van der Waals surface area contributed by atoms with Crippen LogP contribution in [0.4, 0.5) is 0 Å². The maximum atomic E-state index is 12.3. The molecule has 0 fully saturated rings. The first kappa shape index (κ1) is 14.5. The molecule has 5 nitrogen and oxygen atoms in total. The molecule has 1 amide bonds. The van der Waals surface area contributed by atoms with Crippen molar-refractivity contribution < 1.29 is 4.79 Å². The minimum atomic E-state index is -0.160. The van der Waals surface area contributed by atoms with Crippen molar-refractivity contribution in [2.45, 2.75) is 26.3 Å². The minimum absolute atomic E-state index is 0.0682. The zero-order chi connectivity index (χ0) is 14.5. The Balaban J connectivity index is 2.24. The lowest BCUT2D eigenvalue weighted by Gasteiger charge is -2.08. The Bertz CT molecular complexity index is 733. The van der Waals surface area contributed by atoms with Gasteiger partial charge in [0.2, 0.25) is 5.91 Å². The number of amides is 1. The molecule has 0 aliphatic rings. The van der Waals surface area contributed by atoms with Crippen molar-refractivity contribution in [3.63, 3.8) is 0 Å². The fourth-order valence-corrected chi connectivity index (χ4v) is 2.25. The Hall–Kier alpha value is -1.95. The van der Waals surface area contributed by atoms with Gasteiger partial charge < -0.3 is 10.3 Å². The summed E-state index contributed by atoms with van der Waals surface area (Å²) in [7, 11) is 0. The molecule has 0 saturated heterocycles. The summed E-state index contributed by atoms with van der Waals surface area (Å²) < 4.78 is 1.78. The summed E-state index contributed by atoms with van der Waals surface area (Å²) in [6, 6.07) is 7.20. The third kappa shape index (κ3) is 3.14. The van der Waals surface area contributed by atoms with E-state index in [0.29, 0.717) is 22.2 Å². The van der Waals surface area contributed by atoms with E-state index in [1.165, 1.54) is 4.57 Å². The van der Waals surface area contributed by atoms with E-state index in [1.54, 1.807) is 12.1 Å². The van der Waals surface area contributed by atoms with Crippen LogP contribution in [0.15, 0.2) is 29.1 Å². The Morgan fingerprint density at radius 2 is 2.15 bits per heavy atom. The number of carbonyl (C=O) groups excluding carboxylic acids is 1. The molecule has 2 aromatic rings. The van der Waals surface area contributed by atoms with Crippen LogP contribution in [0.3, 0.4) is 0 Å². The molecule has 0 aliphatic heterocycles. The molecule has 0 saturated carbocycles. The van der Waals surface area contributed by atoms with Gasteiger partial charge in [-0.05, 0) is 30.8 Å². The second-order valence-electron chi connectivity index (χ2n) is 4.53. The fourth-order valence-electron chi connectivity index (χ4n) is 1.97. The van der Waals surface area contributed by atoms with Crippen molar-refractivity contribution in [3.8, 4) is 0 Å². The highest BCUT2D eigenvalue weighted by atomic mass is 32.1. The highest BCUT2D eigenvalue weighted by Gasteiger charge is 2.07. The molecular weight excluding hydrogens is 274 g/mol. The van der Waals surface area contributed by atoms with Gasteiger partial charge in [-0.1, -0.05) is 19.1 Å². The summed E-state index contributed by atoms with van der Waals surface area (Å²) in [5.74, 6) is -0.0682. The third-order valence-electron chi connectivity index (χ3n) is 3.02. The van der Waals surface area contributed by atoms with E-state index in [-0.39, 0.29) is 24.4 Å². The van der Waals surface area contributed by atoms with E-state index in [1.807, 2.05) is 19.1 Å². The largest absolute Gasteiger partial charge is 0.356 e. The minimum Gasteiger partial charge on any atom is -0.356 e. The van der Waals surface area contributed by atoms with Crippen molar-refractivity contribution in [1.29, 1.82) is 0 Å². The van der Waals surface area contributed by atoms with Gasteiger partial charge in [-0.3, -0.25) is 14.2 Å². The second-order valence-corrected chi connectivity index (χ2v) is 4.92. The summed E-state index contributed by atoms with van der Waals surface area (Å²) in [6.07, 6.45) is 1.14. The number of carbonyl (C=O) groups is 1. The van der Waals surface area contributed by atoms with Gasteiger partial charge in [0.25, 0.3) is 5.56 Å². The van der Waals surface area contributed by atoms with Crippen LogP contribution in [0.25, 0.3) is 10.9 Å². The number of nitrogens with one attached hydrogen (secondary N) is 2. The van der Waals surface area contributed by atoms with Gasteiger partial charge in [-0.15, -0.1) is 0 Å². The zero-order valence-electron chi connectivity index (χ0n) is 11.3. The number of aromatic amines is 1. The number of fused-ring (bicyclic) bond motifs is 1. The van der Waals surface area contributed by atoms with Crippen LogP contribution < -0.4 is 10.9 Å². The van der Waals surface area contributed by atoms with Crippen molar-refractivity contribution in [3.05, 3.63) is 39.4 Å². The molecular formula is C14H17N3O2S. The average Bonchev–Trinajstić information content (AvgIpc) is 2.45. The first-order chi connectivity index (χ1) is 9.63. The molecule has 0 bridgehead atoms. The van der Waals surface area contributed by atoms with Gasteiger partial charge in [0, 0.05) is 19.5 Å². The third-order valence-corrected chi connectivity index (χ3v) is 3.35. The highest BCUT2D eigenvalue weighted by molar-refractivity contribution is 7.71. The van der Waals surface area contributed by atoms with Crippen molar-refractivity contribution >= 4 is 29.0 Å². The van der Waals surface area contributed by atoms with Crippen molar-refractivity contribution in [1.82, 2.24) is 14.9 Å². The normalized spacial score (nSPS) is 10.7. The Labute approximate surface area is 121 Å². The first-order valence-corrected chi connectivity index (χ1v) is 7.03. The number of rotatable bonds is 5. The number of hydrogen-bond donors (Lipinski definition) is 2. The van der Waals surface area contributed by atoms with Gasteiger partial charge in [0.1, 0.15) is 0 Å². The lowest BCUT2D eigenvalue weighted by Crippen LogP contribution is -2.28. The van der Waals surface area contributed by atoms with Crippen molar-refractivity contribution in [2.75, 3.05) is 6.54 Å². The summed E-state index contributed by atoms with van der Waals surface area (Å²) in [5.41, 5.74) is 0.557. The molecule has 0 unspecified atom stereocenters. The maximum absolute atomic E-state index is 12.3. The van der Waals surface area contributed by atoms with Crippen LogP contribution in [0.1, 0.15) is 19.8 Å². The molecule has 6 heteroatoms.